The van der Waals surface area contributed by atoms with E-state index in [-0.39, 0.29) is 24.9 Å². The van der Waals surface area contributed by atoms with Gasteiger partial charge >= 0.3 is 7.82 Å². The van der Waals surface area contributed by atoms with Crippen molar-refractivity contribution in [1.29, 1.82) is 0 Å². The molecule has 276 valence electrons. The van der Waals surface area contributed by atoms with Crippen LogP contribution in [-0.2, 0) is 29.5 Å². The summed E-state index contributed by atoms with van der Waals surface area (Å²) in [7, 11) is -3.78. The standard InChI is InChI=1S/C35H46F2N7O6P/c1-34(2,3)49-51(46,50-35(4,5)6)48-22-25-10-8-15-43(25)16-9-17-47-26-13-14-27-30(18-26)38-23-39-33(27)41-24-19-40-44(20-24)21-31(45)42-29-12-7-11-28(36)32(29)37/h7,11-14,18-20,23,25H,8-10,15-17,21-22H2,1-6H3,(H,42,45)(H,38,39,41)/t25-/m0/s1. The number of phosphoric acid groups is 1. The smallest absolute Gasteiger partial charge is 0.475 e. The molecule has 2 aromatic carbocycles. The van der Waals surface area contributed by atoms with Gasteiger partial charge in [-0.2, -0.15) is 5.10 Å². The highest BCUT2D eigenvalue weighted by atomic mass is 31.2. The molecule has 3 heterocycles. The monoisotopic (exact) mass is 729 g/mol. The van der Waals surface area contributed by atoms with Gasteiger partial charge in [-0.3, -0.25) is 27.9 Å². The number of hydrogen-bond donors (Lipinski definition) is 2. The Labute approximate surface area is 296 Å². The summed E-state index contributed by atoms with van der Waals surface area (Å²) >= 11 is 0. The first kappa shape index (κ1) is 38.2. The van der Waals surface area contributed by atoms with E-state index in [0.29, 0.717) is 29.4 Å². The number of ether oxygens (including phenoxy) is 1. The van der Waals surface area contributed by atoms with Crippen molar-refractivity contribution in [3.8, 4) is 5.75 Å². The van der Waals surface area contributed by atoms with Gasteiger partial charge in [0.25, 0.3) is 0 Å². The largest absolute Gasteiger partial charge is 0.493 e. The van der Waals surface area contributed by atoms with Gasteiger partial charge in [-0.1, -0.05) is 6.07 Å². The lowest BCUT2D eigenvalue weighted by molar-refractivity contribution is -0.116. The molecule has 2 aromatic heterocycles. The van der Waals surface area contributed by atoms with Crippen LogP contribution >= 0.6 is 7.82 Å². The second-order valence-electron chi connectivity index (χ2n) is 14.3. The number of halogens is 2. The molecular formula is C35H46F2N7O6P. The normalized spacial score (nSPS) is 15.7. The average molecular weight is 730 g/mol. The first-order valence-electron chi connectivity index (χ1n) is 16.9. The number of aromatic nitrogens is 4. The van der Waals surface area contributed by atoms with Crippen LogP contribution in [0.2, 0.25) is 0 Å². The van der Waals surface area contributed by atoms with Crippen molar-refractivity contribution in [1.82, 2.24) is 24.6 Å². The van der Waals surface area contributed by atoms with Crippen LogP contribution in [-0.4, -0.2) is 74.1 Å². The van der Waals surface area contributed by atoms with Crippen molar-refractivity contribution < 1.29 is 36.4 Å². The Kier molecular flexibility index (Phi) is 12.1. The second-order valence-corrected chi connectivity index (χ2v) is 15.8. The molecular weight excluding hydrogens is 683 g/mol. The summed E-state index contributed by atoms with van der Waals surface area (Å²) < 4.78 is 65.7. The van der Waals surface area contributed by atoms with Gasteiger partial charge in [-0.25, -0.2) is 23.3 Å². The first-order valence-corrected chi connectivity index (χ1v) is 18.3. The minimum atomic E-state index is -3.78. The maximum atomic E-state index is 13.9. The Hall–Kier alpha value is -4.01. The zero-order valence-electron chi connectivity index (χ0n) is 29.8. The molecule has 1 aliphatic heterocycles. The Morgan fingerprint density at radius 1 is 1.06 bits per heavy atom. The highest BCUT2D eigenvalue weighted by molar-refractivity contribution is 7.48. The summed E-state index contributed by atoms with van der Waals surface area (Å²) in [4.78, 5) is 23.5. The Morgan fingerprint density at radius 2 is 1.82 bits per heavy atom. The summed E-state index contributed by atoms with van der Waals surface area (Å²) in [5, 5.41) is 10.5. The molecule has 2 N–H and O–H groups in total. The lowest BCUT2D eigenvalue weighted by Gasteiger charge is -2.32. The fourth-order valence-corrected chi connectivity index (χ4v) is 7.41. The fourth-order valence-electron chi connectivity index (χ4n) is 5.57. The predicted molar refractivity (Wildman–Crippen MR) is 190 cm³/mol. The first-order chi connectivity index (χ1) is 24.1. The van der Waals surface area contributed by atoms with E-state index in [1.807, 2.05) is 59.7 Å². The van der Waals surface area contributed by atoms with Gasteiger partial charge in [0, 0.05) is 30.2 Å². The number of amides is 1. The lowest BCUT2D eigenvalue weighted by atomic mass is 10.2. The van der Waals surface area contributed by atoms with E-state index in [4.69, 9.17) is 18.3 Å². The molecule has 0 bridgehead atoms. The molecule has 0 saturated carbocycles. The van der Waals surface area contributed by atoms with Crippen LogP contribution < -0.4 is 15.4 Å². The molecule has 1 fully saturated rings. The number of anilines is 3. The Morgan fingerprint density at radius 3 is 2.57 bits per heavy atom. The fraction of sp³-hybridized carbons (Fsp3) is 0.486. The van der Waals surface area contributed by atoms with Gasteiger partial charge in [0.2, 0.25) is 5.91 Å². The number of carbonyl (C=O) groups is 1. The molecule has 0 unspecified atom stereocenters. The quantitative estimate of drug-likeness (QED) is 0.0930. The minimum absolute atomic E-state index is 0.0998. The number of phosphoric ester groups is 1. The van der Waals surface area contributed by atoms with Crippen LogP contribution in [0.4, 0.5) is 26.0 Å². The van der Waals surface area contributed by atoms with Crippen molar-refractivity contribution in [2.45, 2.75) is 84.6 Å². The van der Waals surface area contributed by atoms with Crippen LogP contribution in [0, 0.1) is 11.6 Å². The van der Waals surface area contributed by atoms with Crippen molar-refractivity contribution in [2.75, 3.05) is 36.9 Å². The average Bonchev–Trinajstić information content (AvgIpc) is 3.67. The molecule has 1 saturated heterocycles. The number of rotatable bonds is 15. The van der Waals surface area contributed by atoms with Crippen LogP contribution in [0.5, 0.6) is 5.75 Å². The van der Waals surface area contributed by atoms with E-state index in [1.165, 1.54) is 29.3 Å². The number of fused-ring (bicyclic) bond motifs is 1. The number of likely N-dealkylation sites (tertiary alicyclic amines) is 1. The summed E-state index contributed by atoms with van der Waals surface area (Å²) in [5.41, 5.74) is -0.388. The third kappa shape index (κ3) is 11.2. The van der Waals surface area contributed by atoms with E-state index < -0.39 is 36.6 Å². The Bertz CT molecular complexity index is 1840. The van der Waals surface area contributed by atoms with E-state index in [9.17, 15) is 18.1 Å². The van der Waals surface area contributed by atoms with Crippen molar-refractivity contribution in [2.24, 2.45) is 0 Å². The molecule has 0 aliphatic carbocycles. The molecule has 1 aliphatic rings. The third-order valence-corrected chi connectivity index (χ3v) is 9.60. The molecule has 16 heteroatoms. The van der Waals surface area contributed by atoms with Crippen molar-refractivity contribution in [3.05, 3.63) is 66.8 Å². The van der Waals surface area contributed by atoms with Crippen LogP contribution in [0.3, 0.4) is 0 Å². The summed E-state index contributed by atoms with van der Waals surface area (Å²) in [6.45, 7) is 13.2. The molecule has 13 nitrogen and oxygen atoms in total. The SMILES string of the molecule is CC(C)(C)OP(=O)(OC[C@@H]1CCCN1CCCOc1ccc2c(Nc3cnn(CC(=O)Nc4cccc(F)c4F)c3)ncnc2c1)OC(C)(C)C. The summed E-state index contributed by atoms with van der Waals surface area (Å²) in [5.74, 6) is -1.54. The molecule has 1 amide bonds. The summed E-state index contributed by atoms with van der Waals surface area (Å²) in [6.07, 6.45) is 7.29. The van der Waals surface area contributed by atoms with Crippen LogP contribution in [0.25, 0.3) is 10.9 Å². The maximum absolute atomic E-state index is 13.9. The molecule has 0 spiro atoms. The number of carbonyl (C=O) groups excluding carboxylic acids is 1. The number of hydrogen-bond acceptors (Lipinski definition) is 11. The van der Waals surface area contributed by atoms with Gasteiger partial charge in [-0.15, -0.1) is 0 Å². The maximum Gasteiger partial charge on any atom is 0.475 e. The minimum Gasteiger partial charge on any atom is -0.493 e. The van der Waals surface area contributed by atoms with Crippen molar-refractivity contribution >= 4 is 41.8 Å². The van der Waals surface area contributed by atoms with Crippen LogP contribution in [0.1, 0.15) is 60.8 Å². The van der Waals surface area contributed by atoms with Gasteiger partial charge in [-0.05, 0) is 91.6 Å². The highest BCUT2D eigenvalue weighted by Crippen LogP contribution is 2.55. The third-order valence-electron chi connectivity index (χ3n) is 7.59. The Balaban J connectivity index is 1.11. The molecule has 1 atom stereocenters. The highest BCUT2D eigenvalue weighted by Gasteiger charge is 2.38. The predicted octanol–water partition coefficient (Wildman–Crippen LogP) is 7.48. The molecule has 5 rings (SSSR count). The topological polar surface area (TPSA) is 142 Å². The van der Waals surface area contributed by atoms with E-state index in [2.05, 4.69) is 30.6 Å². The van der Waals surface area contributed by atoms with Gasteiger partial charge in [0.1, 0.15) is 24.4 Å². The summed E-state index contributed by atoms with van der Waals surface area (Å²) in [6, 6.07) is 9.22. The number of benzene rings is 2. The molecule has 51 heavy (non-hydrogen) atoms. The van der Waals surface area contributed by atoms with Gasteiger partial charge in [0.15, 0.2) is 11.6 Å². The second kappa shape index (κ2) is 16.1. The van der Waals surface area contributed by atoms with Gasteiger partial charge in [0.05, 0.1) is 47.5 Å². The zero-order valence-corrected chi connectivity index (χ0v) is 30.7. The lowest BCUT2D eigenvalue weighted by Crippen LogP contribution is -2.35. The van der Waals surface area contributed by atoms with Gasteiger partial charge < -0.3 is 15.4 Å². The van der Waals surface area contributed by atoms with E-state index in [1.54, 1.807) is 6.20 Å². The number of nitrogens with zero attached hydrogens (tertiary/aromatic N) is 5. The van der Waals surface area contributed by atoms with Crippen LogP contribution in [0.15, 0.2) is 55.1 Å². The van der Waals surface area contributed by atoms with E-state index >= 15 is 0 Å². The molecule has 4 aromatic rings. The molecule has 0 radical (unpaired) electrons. The van der Waals surface area contributed by atoms with Crippen molar-refractivity contribution in [3.63, 3.8) is 0 Å². The zero-order chi connectivity index (χ0) is 36.8. The number of nitrogens with one attached hydrogen (secondary N) is 2. The van der Waals surface area contributed by atoms with E-state index in [0.717, 1.165) is 43.8 Å².